The largest absolute Gasteiger partial charge is 0.477 e. The molecular formula is C28H22N4O6. The minimum Gasteiger partial charge on any atom is -0.477 e. The lowest BCUT2D eigenvalue weighted by molar-refractivity contribution is 0.0680. The summed E-state index contributed by atoms with van der Waals surface area (Å²) in [4.78, 5) is 51.3. The molecule has 10 nitrogen and oxygen atoms in total. The average Bonchev–Trinajstić information content (AvgIpc) is 2.93. The maximum Gasteiger partial charge on any atom is 0.352 e. The molecule has 190 valence electrons. The van der Waals surface area contributed by atoms with Crippen molar-refractivity contribution >= 4 is 55.3 Å². The van der Waals surface area contributed by atoms with Crippen molar-refractivity contribution in [3.8, 4) is 0 Å². The summed E-state index contributed by atoms with van der Waals surface area (Å²) >= 11 is 0. The van der Waals surface area contributed by atoms with Crippen LogP contribution < -0.4 is 22.5 Å². The Morgan fingerprint density at radius 2 is 0.868 bits per heavy atom. The van der Waals surface area contributed by atoms with Crippen molar-refractivity contribution < 1.29 is 19.8 Å². The van der Waals surface area contributed by atoms with Crippen molar-refractivity contribution in [1.82, 2.24) is 9.97 Å². The second-order valence-electron chi connectivity index (χ2n) is 8.12. The second kappa shape index (κ2) is 10.7. The number of hydrogen-bond acceptors (Lipinski definition) is 6. The fourth-order valence-electron chi connectivity index (χ4n) is 4.22. The van der Waals surface area contributed by atoms with E-state index in [1.165, 1.54) is 24.3 Å². The first-order chi connectivity index (χ1) is 18.3. The number of hydrogen-bond donors (Lipinski definition) is 6. The fourth-order valence-corrected chi connectivity index (χ4v) is 4.22. The van der Waals surface area contributed by atoms with Gasteiger partial charge < -0.3 is 20.2 Å². The quantitative estimate of drug-likeness (QED) is 0.116. The number of aromatic amines is 2. The zero-order chi connectivity index (χ0) is 27.4. The van der Waals surface area contributed by atoms with Gasteiger partial charge in [0.1, 0.15) is 11.4 Å². The number of rotatable bonds is 2. The summed E-state index contributed by atoms with van der Waals surface area (Å²) in [6.45, 7) is 0. The number of carboxylic acid groups (broad SMARTS) is 2. The Morgan fingerprint density at radius 1 is 0.526 bits per heavy atom. The number of carbonyl (C=O) groups is 2. The summed E-state index contributed by atoms with van der Waals surface area (Å²) in [5.74, 6) is 5.91. The Kier molecular flexibility index (Phi) is 7.28. The normalized spacial score (nSPS) is 10.5. The first-order valence-corrected chi connectivity index (χ1v) is 11.2. The van der Waals surface area contributed by atoms with Gasteiger partial charge >= 0.3 is 11.9 Å². The predicted octanol–water partition coefficient (Wildman–Crippen LogP) is 3.58. The number of fused-ring (bicyclic) bond motifs is 6. The van der Waals surface area contributed by atoms with E-state index in [4.69, 9.17) is 10.2 Å². The van der Waals surface area contributed by atoms with Gasteiger partial charge in [-0.2, -0.15) is 0 Å². The first-order valence-electron chi connectivity index (χ1n) is 11.2. The third-order valence-electron chi connectivity index (χ3n) is 5.92. The van der Waals surface area contributed by atoms with Gasteiger partial charge in [0.15, 0.2) is 10.9 Å². The van der Waals surface area contributed by atoms with Crippen LogP contribution in [0.3, 0.4) is 0 Å². The molecular weight excluding hydrogens is 488 g/mol. The van der Waals surface area contributed by atoms with Gasteiger partial charge in [-0.05, 0) is 45.8 Å². The Bertz CT molecular complexity index is 1820. The molecule has 0 atom stereocenters. The monoisotopic (exact) mass is 510 g/mol. The van der Waals surface area contributed by atoms with E-state index >= 15 is 0 Å². The van der Waals surface area contributed by atoms with Gasteiger partial charge in [-0.15, -0.1) is 0 Å². The van der Waals surface area contributed by atoms with Crippen LogP contribution in [0.15, 0.2) is 94.5 Å². The lowest BCUT2D eigenvalue weighted by atomic mass is 10.1. The van der Waals surface area contributed by atoms with Crippen LogP contribution in [0.4, 0.5) is 0 Å². The van der Waals surface area contributed by atoms with Crippen molar-refractivity contribution in [1.29, 1.82) is 0 Å². The minimum atomic E-state index is -1.04. The molecule has 0 bridgehead atoms. The zero-order valence-electron chi connectivity index (χ0n) is 19.8. The van der Waals surface area contributed by atoms with Crippen LogP contribution in [0.1, 0.15) is 21.0 Å². The zero-order valence-corrected chi connectivity index (χ0v) is 19.8. The maximum atomic E-state index is 11.9. The lowest BCUT2D eigenvalue weighted by Gasteiger charge is -2.04. The Morgan fingerprint density at radius 3 is 1.24 bits per heavy atom. The summed E-state index contributed by atoms with van der Waals surface area (Å²) < 4.78 is 0. The number of pyridine rings is 2. The van der Waals surface area contributed by atoms with E-state index in [0.717, 1.165) is 21.5 Å². The molecule has 4 aromatic carbocycles. The number of nitrogens with two attached hydrogens (primary N) is 2. The highest BCUT2D eigenvalue weighted by molar-refractivity contribution is 6.07. The number of aromatic nitrogens is 2. The maximum absolute atomic E-state index is 11.9. The topological polar surface area (TPSA) is 192 Å². The summed E-state index contributed by atoms with van der Waals surface area (Å²) in [5, 5.41) is 22.2. The molecule has 0 aliphatic rings. The molecule has 0 saturated heterocycles. The van der Waals surface area contributed by atoms with Gasteiger partial charge in [0.25, 0.3) is 0 Å². The third kappa shape index (κ3) is 4.85. The van der Waals surface area contributed by atoms with E-state index in [0.29, 0.717) is 21.8 Å². The molecule has 6 rings (SSSR count). The van der Waals surface area contributed by atoms with E-state index in [-0.39, 0.29) is 22.2 Å². The number of hydrazine groups is 1. The smallest absolute Gasteiger partial charge is 0.352 e. The first kappa shape index (κ1) is 25.8. The van der Waals surface area contributed by atoms with Gasteiger partial charge in [0.2, 0.25) is 0 Å². The van der Waals surface area contributed by atoms with Crippen LogP contribution in [0.5, 0.6) is 0 Å². The van der Waals surface area contributed by atoms with Crippen molar-refractivity contribution in [2.45, 2.75) is 0 Å². The van der Waals surface area contributed by atoms with Gasteiger partial charge in [-0.25, -0.2) is 9.59 Å². The predicted molar refractivity (Wildman–Crippen MR) is 146 cm³/mol. The van der Waals surface area contributed by atoms with Gasteiger partial charge in [-0.1, -0.05) is 60.7 Å². The van der Waals surface area contributed by atoms with Crippen LogP contribution in [0.2, 0.25) is 0 Å². The van der Waals surface area contributed by atoms with Crippen LogP contribution in [-0.4, -0.2) is 32.1 Å². The minimum absolute atomic E-state index is 0.0678. The molecule has 2 aromatic heterocycles. The third-order valence-corrected chi connectivity index (χ3v) is 5.92. The highest BCUT2D eigenvalue weighted by Crippen LogP contribution is 2.22. The summed E-state index contributed by atoms with van der Waals surface area (Å²) in [6.07, 6.45) is 0. The molecule has 0 unspecified atom stereocenters. The van der Waals surface area contributed by atoms with E-state index in [2.05, 4.69) is 21.7 Å². The standard InChI is InChI=1S/2C14H9NO3.H4N2/c2*16-11-3-1-2-8-4-5-9-6-7-10(14(17)18)15-13(9)12(8)11;1-2/h2*1-7,15H,(H,17,18);1-2H2. The number of carboxylic acids is 2. The van der Waals surface area contributed by atoms with Crippen LogP contribution in [0, 0.1) is 0 Å². The van der Waals surface area contributed by atoms with E-state index in [1.807, 2.05) is 36.4 Å². The fraction of sp³-hybridized carbons (Fsp3) is 0. The Hall–Kier alpha value is -5.32. The van der Waals surface area contributed by atoms with E-state index in [1.54, 1.807) is 24.3 Å². The number of nitrogens with one attached hydrogen (secondary N) is 2. The molecule has 10 heteroatoms. The van der Waals surface area contributed by atoms with Crippen molar-refractivity contribution in [2.24, 2.45) is 11.7 Å². The highest BCUT2D eigenvalue weighted by atomic mass is 16.4. The number of H-pyrrole nitrogens is 2. The molecule has 0 saturated carbocycles. The summed E-state index contributed by atoms with van der Waals surface area (Å²) in [5.41, 5.74) is 1.04. The van der Waals surface area contributed by atoms with Crippen molar-refractivity contribution in [2.75, 3.05) is 0 Å². The molecule has 8 N–H and O–H groups in total. The average molecular weight is 511 g/mol. The molecule has 0 radical (unpaired) electrons. The van der Waals surface area contributed by atoms with Crippen LogP contribution >= 0.6 is 0 Å². The Balaban J connectivity index is 0.000000166. The van der Waals surface area contributed by atoms with Gasteiger partial charge in [-0.3, -0.25) is 21.3 Å². The number of benzene rings is 4. The lowest BCUT2D eigenvalue weighted by Crippen LogP contribution is -2.03. The molecule has 0 spiro atoms. The molecule has 6 aromatic rings. The SMILES string of the molecule is NN.O=C(O)c1ccc2ccc3cccc(=O)c3c2[nH]1.O=C(O)c1ccc2ccc3cccc(=O)c3c2[nH]1. The summed E-state index contributed by atoms with van der Waals surface area (Å²) in [7, 11) is 0. The van der Waals surface area contributed by atoms with Crippen LogP contribution in [0.25, 0.3) is 43.4 Å². The van der Waals surface area contributed by atoms with Crippen molar-refractivity contribution in [3.05, 3.63) is 117 Å². The molecule has 0 amide bonds. The molecule has 2 heterocycles. The highest BCUT2D eigenvalue weighted by Gasteiger charge is 2.09. The van der Waals surface area contributed by atoms with Gasteiger partial charge in [0.05, 0.1) is 21.8 Å². The van der Waals surface area contributed by atoms with E-state index < -0.39 is 11.9 Å². The molecule has 0 fully saturated rings. The number of aromatic carboxylic acids is 2. The van der Waals surface area contributed by atoms with Crippen LogP contribution in [-0.2, 0) is 0 Å². The van der Waals surface area contributed by atoms with Gasteiger partial charge in [0, 0.05) is 0 Å². The van der Waals surface area contributed by atoms with Crippen molar-refractivity contribution in [3.63, 3.8) is 0 Å². The molecule has 0 aliphatic heterocycles. The summed E-state index contributed by atoms with van der Waals surface area (Å²) in [6, 6.07) is 23.8. The molecule has 38 heavy (non-hydrogen) atoms. The second-order valence-corrected chi connectivity index (χ2v) is 8.12. The Labute approximate surface area is 213 Å². The molecule has 0 aliphatic carbocycles. The van der Waals surface area contributed by atoms with E-state index in [9.17, 15) is 19.2 Å².